The molecule has 0 spiro atoms. The summed E-state index contributed by atoms with van der Waals surface area (Å²) >= 11 is 0. The monoisotopic (exact) mass is 227 g/mol. The number of benzene rings is 1. The second-order valence-corrected chi connectivity index (χ2v) is 4.89. The predicted octanol–water partition coefficient (Wildman–Crippen LogP) is 3.75. The van der Waals surface area contributed by atoms with Gasteiger partial charge >= 0.3 is 0 Å². The van der Waals surface area contributed by atoms with Gasteiger partial charge in [0.1, 0.15) is 0 Å². The highest BCUT2D eigenvalue weighted by atomic mass is 16.2. The normalized spacial score (nSPS) is 19.9. The average molecular weight is 227 g/mol. The minimum absolute atomic E-state index is 0.100. The van der Waals surface area contributed by atoms with Gasteiger partial charge in [-0.15, -0.1) is 0 Å². The highest BCUT2D eigenvalue weighted by Gasteiger charge is 2.26. The van der Waals surface area contributed by atoms with Gasteiger partial charge in [0.05, 0.1) is 0 Å². The zero-order chi connectivity index (χ0) is 11.7. The molecule has 1 aliphatic heterocycles. The van der Waals surface area contributed by atoms with Gasteiger partial charge in [-0.1, -0.05) is 36.6 Å². The third-order valence-electron chi connectivity index (χ3n) is 3.73. The van der Waals surface area contributed by atoms with Crippen molar-refractivity contribution < 1.29 is 4.79 Å². The van der Waals surface area contributed by atoms with Crippen molar-refractivity contribution in [2.75, 3.05) is 5.32 Å². The quantitative estimate of drug-likeness (QED) is 0.531. The third-order valence-corrected chi connectivity index (χ3v) is 3.73. The first-order valence-electron chi connectivity index (χ1n) is 6.49. The Bertz CT molecular complexity index is 477. The van der Waals surface area contributed by atoms with E-state index < -0.39 is 0 Å². The molecule has 88 valence electrons. The minimum Gasteiger partial charge on any atom is -0.321 e. The number of para-hydroxylation sites is 1. The second-order valence-electron chi connectivity index (χ2n) is 4.89. The molecule has 1 aliphatic carbocycles. The molecule has 0 saturated heterocycles. The molecular weight excluding hydrogens is 210 g/mol. The predicted molar refractivity (Wildman–Crippen MR) is 69.7 cm³/mol. The Balaban J connectivity index is 2.07. The van der Waals surface area contributed by atoms with Gasteiger partial charge in [-0.3, -0.25) is 4.79 Å². The van der Waals surface area contributed by atoms with Crippen molar-refractivity contribution >= 4 is 17.2 Å². The van der Waals surface area contributed by atoms with Gasteiger partial charge in [0.15, 0.2) is 0 Å². The van der Waals surface area contributed by atoms with E-state index in [1.165, 1.54) is 31.3 Å². The number of rotatable bonds is 0. The summed E-state index contributed by atoms with van der Waals surface area (Å²) in [5.41, 5.74) is 4.41. The summed E-state index contributed by atoms with van der Waals surface area (Å²) in [4.78, 5) is 12.1. The summed E-state index contributed by atoms with van der Waals surface area (Å²) in [5, 5.41) is 2.97. The van der Waals surface area contributed by atoms with Gasteiger partial charge in [0, 0.05) is 16.8 Å². The maximum absolute atomic E-state index is 12.1. The Kier molecular flexibility index (Phi) is 2.71. The van der Waals surface area contributed by atoms with E-state index >= 15 is 0 Å². The lowest BCUT2D eigenvalue weighted by molar-refractivity contribution is -0.110. The van der Waals surface area contributed by atoms with Crippen LogP contribution in [0, 0.1) is 0 Å². The minimum atomic E-state index is 0.100. The fraction of sp³-hybridized carbons (Fsp3) is 0.400. The van der Waals surface area contributed by atoms with E-state index in [2.05, 4.69) is 11.4 Å². The van der Waals surface area contributed by atoms with Crippen LogP contribution in [0.25, 0.3) is 5.57 Å². The van der Waals surface area contributed by atoms with Crippen LogP contribution in [-0.2, 0) is 4.79 Å². The van der Waals surface area contributed by atoms with Crippen molar-refractivity contribution in [2.45, 2.75) is 38.5 Å². The Morgan fingerprint density at radius 2 is 1.65 bits per heavy atom. The summed E-state index contributed by atoms with van der Waals surface area (Å²) in [6.45, 7) is 0. The maximum Gasteiger partial charge on any atom is 0.256 e. The smallest absolute Gasteiger partial charge is 0.256 e. The van der Waals surface area contributed by atoms with Crippen molar-refractivity contribution in [1.29, 1.82) is 0 Å². The van der Waals surface area contributed by atoms with Crippen LogP contribution >= 0.6 is 0 Å². The fourth-order valence-electron chi connectivity index (χ4n) is 2.87. The molecule has 1 aromatic carbocycles. The molecule has 0 bridgehead atoms. The number of amides is 1. The molecule has 0 unspecified atom stereocenters. The van der Waals surface area contributed by atoms with E-state index in [4.69, 9.17) is 0 Å². The van der Waals surface area contributed by atoms with E-state index in [1.807, 2.05) is 18.2 Å². The van der Waals surface area contributed by atoms with Gasteiger partial charge in [-0.05, 0) is 31.7 Å². The van der Waals surface area contributed by atoms with Crippen molar-refractivity contribution in [1.82, 2.24) is 0 Å². The first kappa shape index (κ1) is 10.6. The van der Waals surface area contributed by atoms with E-state index in [0.717, 1.165) is 29.7 Å². The molecule has 1 saturated carbocycles. The van der Waals surface area contributed by atoms with E-state index in [-0.39, 0.29) is 5.91 Å². The van der Waals surface area contributed by atoms with Gasteiger partial charge in [-0.2, -0.15) is 0 Å². The van der Waals surface area contributed by atoms with Gasteiger partial charge in [0.25, 0.3) is 5.91 Å². The van der Waals surface area contributed by atoms with Gasteiger partial charge < -0.3 is 5.32 Å². The Morgan fingerprint density at radius 3 is 2.41 bits per heavy atom. The molecule has 1 amide bonds. The second kappa shape index (κ2) is 4.36. The standard InChI is InChI=1S/C15H17NO/c17-15-14(11-7-3-1-2-4-8-11)12-9-5-6-10-13(12)16-15/h5-6,9-10H,1-4,7-8H2,(H,16,17). The summed E-state index contributed by atoms with van der Waals surface area (Å²) in [6.07, 6.45) is 7.26. The number of carbonyl (C=O) groups is 1. The zero-order valence-corrected chi connectivity index (χ0v) is 9.96. The van der Waals surface area contributed by atoms with Crippen LogP contribution < -0.4 is 5.32 Å². The molecule has 0 radical (unpaired) electrons. The average Bonchev–Trinajstić information content (AvgIpc) is 2.53. The summed E-state index contributed by atoms with van der Waals surface area (Å²) in [6, 6.07) is 8.02. The highest BCUT2D eigenvalue weighted by Crippen LogP contribution is 2.37. The number of anilines is 1. The lowest BCUT2D eigenvalue weighted by Crippen LogP contribution is -2.06. The molecule has 1 aromatic rings. The van der Waals surface area contributed by atoms with Crippen LogP contribution in [0.5, 0.6) is 0 Å². The fourth-order valence-corrected chi connectivity index (χ4v) is 2.87. The number of nitrogens with one attached hydrogen (secondary N) is 1. The van der Waals surface area contributed by atoms with Crippen LogP contribution in [-0.4, -0.2) is 5.91 Å². The van der Waals surface area contributed by atoms with Crippen molar-refractivity contribution in [3.8, 4) is 0 Å². The zero-order valence-electron chi connectivity index (χ0n) is 9.96. The molecule has 2 nitrogen and oxygen atoms in total. The lowest BCUT2D eigenvalue weighted by atomic mass is 9.96. The maximum atomic E-state index is 12.1. The van der Waals surface area contributed by atoms with E-state index in [1.54, 1.807) is 0 Å². The molecule has 1 N–H and O–H groups in total. The van der Waals surface area contributed by atoms with Crippen LogP contribution in [0.1, 0.15) is 44.1 Å². The molecule has 0 aromatic heterocycles. The molecule has 1 heterocycles. The van der Waals surface area contributed by atoms with Crippen LogP contribution in [0.2, 0.25) is 0 Å². The SMILES string of the molecule is O=C1Nc2ccccc2C1=C1CCCCCC1. The van der Waals surface area contributed by atoms with Crippen LogP contribution in [0.15, 0.2) is 29.8 Å². The molecule has 2 heteroatoms. The molecule has 2 aliphatic rings. The summed E-state index contributed by atoms with van der Waals surface area (Å²) < 4.78 is 0. The van der Waals surface area contributed by atoms with Crippen LogP contribution in [0.4, 0.5) is 5.69 Å². The number of fused-ring (bicyclic) bond motifs is 1. The van der Waals surface area contributed by atoms with Crippen molar-refractivity contribution in [3.63, 3.8) is 0 Å². The lowest BCUT2D eigenvalue weighted by Gasteiger charge is -2.07. The molecule has 3 rings (SSSR count). The Labute approximate surface area is 102 Å². The Morgan fingerprint density at radius 1 is 0.941 bits per heavy atom. The third kappa shape index (κ3) is 1.88. The van der Waals surface area contributed by atoms with Crippen molar-refractivity contribution in [2.24, 2.45) is 0 Å². The number of hydrogen-bond acceptors (Lipinski definition) is 1. The molecule has 1 fully saturated rings. The number of carbonyl (C=O) groups excluding carboxylic acids is 1. The molecule has 17 heavy (non-hydrogen) atoms. The summed E-state index contributed by atoms with van der Waals surface area (Å²) in [7, 11) is 0. The van der Waals surface area contributed by atoms with E-state index in [0.29, 0.717) is 0 Å². The summed E-state index contributed by atoms with van der Waals surface area (Å²) in [5.74, 6) is 0.100. The van der Waals surface area contributed by atoms with E-state index in [9.17, 15) is 4.79 Å². The molecular formula is C15H17NO. The largest absolute Gasteiger partial charge is 0.321 e. The number of hydrogen-bond donors (Lipinski definition) is 1. The van der Waals surface area contributed by atoms with Crippen molar-refractivity contribution in [3.05, 3.63) is 35.4 Å². The first-order valence-corrected chi connectivity index (χ1v) is 6.49. The van der Waals surface area contributed by atoms with Gasteiger partial charge in [0.2, 0.25) is 0 Å². The topological polar surface area (TPSA) is 29.1 Å². The highest BCUT2D eigenvalue weighted by molar-refractivity contribution is 6.32. The Hall–Kier alpha value is -1.57. The number of allylic oxidation sites excluding steroid dienone is 1. The van der Waals surface area contributed by atoms with Gasteiger partial charge in [-0.25, -0.2) is 0 Å². The van der Waals surface area contributed by atoms with Crippen LogP contribution in [0.3, 0.4) is 0 Å². The molecule has 0 atom stereocenters. The first-order chi connectivity index (χ1) is 8.36.